The Balaban J connectivity index is 1.41. The average Bonchev–Trinajstić information content (AvgIpc) is 3.22. The Morgan fingerprint density at radius 2 is 1.91 bits per heavy atom. The molecule has 0 spiro atoms. The molecule has 33 heavy (non-hydrogen) atoms. The quantitative estimate of drug-likeness (QED) is 0.669. The van der Waals surface area contributed by atoms with E-state index in [-0.39, 0.29) is 53.9 Å². The zero-order valence-corrected chi connectivity index (χ0v) is 17.8. The monoisotopic (exact) mass is 455 g/mol. The second-order valence-corrected chi connectivity index (χ2v) is 8.00. The van der Waals surface area contributed by atoms with E-state index in [1.54, 1.807) is 6.07 Å². The van der Waals surface area contributed by atoms with Crippen LogP contribution in [0.2, 0.25) is 0 Å². The molecule has 5 rings (SSSR count). The summed E-state index contributed by atoms with van der Waals surface area (Å²) < 4.78 is 62.2. The number of carbonyl (C=O) groups excluding carboxylic acids is 3. The van der Waals surface area contributed by atoms with Crippen LogP contribution in [0.25, 0.3) is 0 Å². The lowest BCUT2D eigenvalue weighted by molar-refractivity contribution is -0.136. The van der Waals surface area contributed by atoms with Gasteiger partial charge in [-0.2, -0.15) is 0 Å². The molecule has 2 aromatic carbocycles. The zero-order chi connectivity index (χ0) is 28.1. The number of rotatable bonds is 6. The fraction of sp³-hybridized carbons (Fsp3) is 0.400. The van der Waals surface area contributed by atoms with Gasteiger partial charge in [0.05, 0.1) is 25.2 Å². The molecule has 2 fully saturated rings. The van der Waals surface area contributed by atoms with E-state index >= 15 is 0 Å². The minimum atomic E-state index is -2.60. The van der Waals surface area contributed by atoms with E-state index in [0.29, 0.717) is 31.9 Å². The lowest BCUT2D eigenvalue weighted by Crippen LogP contribution is -2.52. The molecule has 0 saturated carbocycles. The van der Waals surface area contributed by atoms with Gasteiger partial charge in [0.25, 0.3) is 5.91 Å². The Bertz CT molecular complexity index is 1350. The van der Waals surface area contributed by atoms with Gasteiger partial charge >= 0.3 is 0 Å². The van der Waals surface area contributed by atoms with E-state index in [2.05, 4.69) is 5.32 Å². The summed E-state index contributed by atoms with van der Waals surface area (Å²) in [5.41, 5.74) is 0.293. The van der Waals surface area contributed by atoms with Crippen molar-refractivity contribution in [1.29, 1.82) is 0 Å². The van der Waals surface area contributed by atoms with Crippen molar-refractivity contribution in [2.45, 2.75) is 38.5 Å². The predicted molar refractivity (Wildman–Crippen MR) is 119 cm³/mol. The highest BCUT2D eigenvalue weighted by atomic mass is 16.5. The molecule has 3 aliphatic rings. The summed E-state index contributed by atoms with van der Waals surface area (Å²) in [6.45, 7) is -3.35. The first-order chi connectivity index (χ1) is 18.4. The SMILES string of the molecule is [2H]c1cc(C([2H])([2H])N2CCOCC2)c([2H])cc1C([2H])([2H])Oc1cccc2c1CN(C1CCC(=O)NC1=O)C2=O. The lowest BCUT2D eigenvalue weighted by Gasteiger charge is -2.29. The van der Waals surface area contributed by atoms with Crippen LogP contribution < -0.4 is 10.1 Å². The van der Waals surface area contributed by atoms with Crippen molar-refractivity contribution in [2.75, 3.05) is 26.3 Å². The largest absolute Gasteiger partial charge is 0.489 e. The van der Waals surface area contributed by atoms with Crippen LogP contribution in [0.15, 0.2) is 42.4 Å². The fourth-order valence-corrected chi connectivity index (χ4v) is 4.11. The zero-order valence-electron chi connectivity index (χ0n) is 23.8. The molecule has 1 N–H and O–H groups in total. The summed E-state index contributed by atoms with van der Waals surface area (Å²) in [6.07, 6.45) is 0.282. The van der Waals surface area contributed by atoms with E-state index in [9.17, 15) is 14.4 Å². The van der Waals surface area contributed by atoms with Gasteiger partial charge in [-0.3, -0.25) is 24.6 Å². The van der Waals surface area contributed by atoms with Crippen molar-refractivity contribution in [3.05, 3.63) is 64.7 Å². The van der Waals surface area contributed by atoms with E-state index in [4.69, 9.17) is 17.7 Å². The molecular formula is C25H27N3O5. The summed E-state index contributed by atoms with van der Waals surface area (Å²) in [4.78, 5) is 39.8. The van der Waals surface area contributed by atoms with Gasteiger partial charge in [0.15, 0.2) is 0 Å². The Morgan fingerprint density at radius 3 is 2.73 bits per heavy atom. The maximum Gasteiger partial charge on any atom is 0.255 e. The molecule has 1 unspecified atom stereocenters. The number of ether oxygens (including phenoxy) is 2. The molecular weight excluding hydrogens is 422 g/mol. The van der Waals surface area contributed by atoms with Crippen LogP contribution in [0.4, 0.5) is 0 Å². The molecule has 0 radical (unpaired) electrons. The number of imide groups is 1. The number of morpholine rings is 1. The number of amides is 3. The van der Waals surface area contributed by atoms with Gasteiger partial charge < -0.3 is 14.4 Å². The summed E-state index contributed by atoms with van der Waals surface area (Å²) in [5, 5.41) is 2.24. The van der Waals surface area contributed by atoms with Crippen molar-refractivity contribution in [1.82, 2.24) is 15.1 Å². The maximum atomic E-state index is 13.1. The van der Waals surface area contributed by atoms with Crippen LogP contribution in [0.1, 0.15) is 48.1 Å². The van der Waals surface area contributed by atoms with Gasteiger partial charge in [0, 0.05) is 39.9 Å². The molecule has 8 nitrogen and oxygen atoms in total. The number of hydrogen-bond donors (Lipinski definition) is 1. The Hall–Kier alpha value is -3.23. The normalized spacial score (nSPS) is 24.7. The number of carbonyl (C=O) groups is 3. The molecule has 3 heterocycles. The second-order valence-electron chi connectivity index (χ2n) is 8.00. The van der Waals surface area contributed by atoms with Gasteiger partial charge in [-0.1, -0.05) is 30.3 Å². The number of nitrogens with zero attached hydrogens (tertiary/aromatic N) is 2. The number of piperidine rings is 1. The van der Waals surface area contributed by atoms with Crippen molar-refractivity contribution in [3.63, 3.8) is 0 Å². The first-order valence-electron chi connectivity index (χ1n) is 13.8. The van der Waals surface area contributed by atoms with Crippen molar-refractivity contribution in [3.8, 4) is 5.75 Å². The summed E-state index contributed by atoms with van der Waals surface area (Å²) in [5.74, 6) is -1.36. The van der Waals surface area contributed by atoms with Gasteiger partial charge in [-0.25, -0.2) is 0 Å². The van der Waals surface area contributed by atoms with Gasteiger partial charge in [0.1, 0.15) is 18.4 Å². The minimum Gasteiger partial charge on any atom is -0.489 e. The topological polar surface area (TPSA) is 88.2 Å². The van der Waals surface area contributed by atoms with Crippen molar-refractivity contribution < 1.29 is 32.1 Å². The second kappa shape index (κ2) is 9.33. The third-order valence-corrected chi connectivity index (χ3v) is 5.84. The first-order valence-corrected chi connectivity index (χ1v) is 10.8. The number of fused-ring (bicyclic) bond motifs is 1. The summed E-state index contributed by atoms with van der Waals surface area (Å²) in [6, 6.07) is 5.35. The number of nitrogens with one attached hydrogen (secondary N) is 1. The highest BCUT2D eigenvalue weighted by Crippen LogP contribution is 2.34. The lowest BCUT2D eigenvalue weighted by atomic mass is 10.0. The minimum absolute atomic E-state index is 0.0250. The smallest absolute Gasteiger partial charge is 0.255 e. The maximum absolute atomic E-state index is 13.1. The van der Waals surface area contributed by atoms with E-state index in [1.165, 1.54) is 21.9 Å². The van der Waals surface area contributed by atoms with Gasteiger partial charge in [0.2, 0.25) is 11.8 Å². The molecule has 1 atom stereocenters. The van der Waals surface area contributed by atoms with Crippen LogP contribution >= 0.6 is 0 Å². The van der Waals surface area contributed by atoms with E-state index in [1.807, 2.05) is 0 Å². The highest BCUT2D eigenvalue weighted by molar-refractivity contribution is 6.05. The molecule has 0 aromatic heterocycles. The average molecular weight is 456 g/mol. The van der Waals surface area contributed by atoms with Crippen LogP contribution in [0, 0.1) is 0 Å². The van der Waals surface area contributed by atoms with Crippen LogP contribution in [0.3, 0.4) is 0 Å². The Kier molecular flexibility index (Phi) is 4.40. The third kappa shape index (κ3) is 4.62. The molecule has 2 saturated heterocycles. The van der Waals surface area contributed by atoms with Crippen LogP contribution in [-0.2, 0) is 33.9 Å². The van der Waals surface area contributed by atoms with Crippen LogP contribution in [0.5, 0.6) is 5.75 Å². The highest BCUT2D eigenvalue weighted by Gasteiger charge is 2.40. The van der Waals surface area contributed by atoms with Gasteiger partial charge in [-0.05, 0) is 29.7 Å². The first kappa shape index (κ1) is 15.6. The molecule has 3 amide bonds. The molecule has 2 aromatic rings. The summed E-state index contributed by atoms with van der Waals surface area (Å²) in [7, 11) is 0. The molecule has 172 valence electrons. The third-order valence-electron chi connectivity index (χ3n) is 5.84. The standard InChI is InChI=1S/C25H27N3O5/c29-23-9-8-21(24(30)26-23)28-15-20-19(25(28)31)2-1-3-22(20)33-16-18-6-4-17(5-7-18)14-27-10-12-32-13-11-27/h1-7,21H,8-16H2,(H,26,29,30)/i4D,7D,14D2,16D2. The predicted octanol–water partition coefficient (Wildman–Crippen LogP) is 1.86. The molecule has 3 aliphatic heterocycles. The van der Waals surface area contributed by atoms with Crippen molar-refractivity contribution in [2.24, 2.45) is 0 Å². The van der Waals surface area contributed by atoms with Crippen molar-refractivity contribution >= 4 is 17.7 Å². The van der Waals surface area contributed by atoms with Gasteiger partial charge in [-0.15, -0.1) is 0 Å². The molecule has 8 heteroatoms. The fourth-order valence-electron chi connectivity index (χ4n) is 4.11. The Morgan fingerprint density at radius 1 is 1.12 bits per heavy atom. The molecule has 0 aliphatic carbocycles. The molecule has 0 bridgehead atoms. The number of benzene rings is 2. The van der Waals surface area contributed by atoms with Crippen LogP contribution in [-0.4, -0.2) is 59.9 Å². The Labute approximate surface area is 200 Å². The van der Waals surface area contributed by atoms with E-state index < -0.39 is 36.8 Å². The number of hydrogen-bond acceptors (Lipinski definition) is 6. The van der Waals surface area contributed by atoms with E-state index in [0.717, 1.165) is 12.1 Å². The summed E-state index contributed by atoms with van der Waals surface area (Å²) >= 11 is 0.